The van der Waals surface area contributed by atoms with Gasteiger partial charge in [0.15, 0.2) is 6.61 Å². The summed E-state index contributed by atoms with van der Waals surface area (Å²) in [5.74, 6) is 0.553. The highest BCUT2D eigenvalue weighted by Crippen LogP contribution is 2.29. The lowest BCUT2D eigenvalue weighted by Gasteiger charge is -2.14. The zero-order chi connectivity index (χ0) is 20.1. The van der Waals surface area contributed by atoms with Crippen molar-refractivity contribution < 1.29 is 14.6 Å². The Morgan fingerprint density at radius 1 is 1.21 bits per heavy atom. The zero-order valence-corrected chi connectivity index (χ0v) is 16.2. The van der Waals surface area contributed by atoms with Crippen molar-refractivity contribution in [1.82, 2.24) is 14.8 Å². The molecule has 0 spiro atoms. The van der Waals surface area contributed by atoms with Gasteiger partial charge >= 0.3 is 0 Å². The topological polar surface area (TPSA) is 89.3 Å². The van der Waals surface area contributed by atoms with E-state index in [0.29, 0.717) is 17.4 Å². The molecule has 28 heavy (non-hydrogen) atoms. The molecule has 1 aromatic heterocycles. The fourth-order valence-electron chi connectivity index (χ4n) is 2.80. The van der Waals surface area contributed by atoms with Crippen LogP contribution in [0.2, 0.25) is 0 Å². The van der Waals surface area contributed by atoms with Crippen molar-refractivity contribution in [2.75, 3.05) is 11.9 Å². The molecule has 0 saturated carbocycles. The van der Waals surface area contributed by atoms with Crippen LogP contribution in [0.5, 0.6) is 11.5 Å². The van der Waals surface area contributed by atoms with Gasteiger partial charge < -0.3 is 15.2 Å². The number of phenolic OH excluding ortho intramolecular Hbond substituents is 1. The second-order valence-electron chi connectivity index (χ2n) is 6.76. The number of amides is 1. The molecule has 2 aromatic carbocycles. The lowest BCUT2D eigenvalue weighted by atomic mass is 9.98. The van der Waals surface area contributed by atoms with E-state index in [-0.39, 0.29) is 18.3 Å². The van der Waals surface area contributed by atoms with Crippen LogP contribution in [0.1, 0.15) is 37.3 Å². The van der Waals surface area contributed by atoms with E-state index >= 15 is 0 Å². The molecular weight excluding hydrogens is 356 g/mol. The number of nitrogens with zero attached hydrogens (tertiary/aromatic N) is 3. The van der Waals surface area contributed by atoms with Crippen LogP contribution in [0.3, 0.4) is 0 Å². The molecule has 7 nitrogen and oxygen atoms in total. The molecule has 3 rings (SSSR count). The number of carbonyl (C=O) groups is 1. The lowest BCUT2D eigenvalue weighted by Crippen LogP contribution is -2.20. The molecule has 0 saturated heterocycles. The number of ether oxygens (including phenoxy) is 1. The summed E-state index contributed by atoms with van der Waals surface area (Å²) in [5, 5.41) is 20.4. The number of nitrogens with one attached hydrogen (secondary N) is 1. The SMILES string of the molecule is CCC(C)c1ccc(O)c(NC(=O)COc2ccc(C)cc2-n2cnnc2)c1. The molecule has 1 unspecified atom stereocenters. The lowest BCUT2D eigenvalue weighted by molar-refractivity contribution is -0.118. The number of aryl methyl sites for hydroxylation is 1. The smallest absolute Gasteiger partial charge is 0.262 e. The number of rotatable bonds is 7. The number of anilines is 1. The number of benzene rings is 2. The summed E-state index contributed by atoms with van der Waals surface area (Å²) < 4.78 is 7.44. The fourth-order valence-corrected chi connectivity index (χ4v) is 2.80. The standard InChI is InChI=1S/C21H24N4O3/c1-4-15(3)16-6-7-19(26)17(10-16)24-21(27)11-28-20-8-5-14(2)9-18(20)25-12-22-23-13-25/h5-10,12-13,15,26H,4,11H2,1-3H3,(H,24,27). The minimum absolute atomic E-state index is 0.0286. The molecule has 146 valence electrons. The molecular formula is C21H24N4O3. The Hall–Kier alpha value is -3.35. The molecule has 0 fully saturated rings. The molecule has 1 amide bonds. The largest absolute Gasteiger partial charge is 0.506 e. The maximum absolute atomic E-state index is 12.4. The highest BCUT2D eigenvalue weighted by Gasteiger charge is 2.13. The van der Waals surface area contributed by atoms with Crippen LogP contribution in [0.15, 0.2) is 49.1 Å². The minimum Gasteiger partial charge on any atom is -0.506 e. The summed E-state index contributed by atoms with van der Waals surface area (Å²) in [4.78, 5) is 12.4. The van der Waals surface area contributed by atoms with Crippen molar-refractivity contribution in [3.8, 4) is 17.2 Å². The zero-order valence-electron chi connectivity index (χ0n) is 16.2. The monoisotopic (exact) mass is 380 g/mol. The molecule has 1 heterocycles. The van der Waals surface area contributed by atoms with Crippen molar-refractivity contribution in [2.45, 2.75) is 33.1 Å². The van der Waals surface area contributed by atoms with Crippen LogP contribution >= 0.6 is 0 Å². The number of aromatic hydroxyl groups is 1. The summed E-state index contributed by atoms with van der Waals surface area (Å²) in [6, 6.07) is 10.9. The van der Waals surface area contributed by atoms with E-state index in [9.17, 15) is 9.90 Å². The van der Waals surface area contributed by atoms with E-state index in [1.165, 1.54) is 0 Å². The van der Waals surface area contributed by atoms with Crippen LogP contribution < -0.4 is 10.1 Å². The maximum atomic E-state index is 12.4. The van der Waals surface area contributed by atoms with Crippen LogP contribution in [0.4, 0.5) is 5.69 Å². The molecule has 0 aliphatic carbocycles. The van der Waals surface area contributed by atoms with Crippen molar-refractivity contribution in [2.24, 2.45) is 0 Å². The predicted octanol–water partition coefficient (Wildman–Crippen LogP) is 3.81. The Morgan fingerprint density at radius 2 is 1.96 bits per heavy atom. The first-order valence-electron chi connectivity index (χ1n) is 9.19. The third-order valence-electron chi connectivity index (χ3n) is 4.65. The average Bonchev–Trinajstić information content (AvgIpc) is 3.22. The predicted molar refractivity (Wildman–Crippen MR) is 107 cm³/mol. The molecule has 3 aromatic rings. The van der Waals surface area contributed by atoms with Gasteiger partial charge in [-0.05, 0) is 54.7 Å². The molecule has 7 heteroatoms. The Kier molecular flexibility index (Phi) is 5.93. The summed E-state index contributed by atoms with van der Waals surface area (Å²) in [6.07, 6.45) is 4.11. The van der Waals surface area contributed by atoms with Gasteiger partial charge in [-0.25, -0.2) is 0 Å². The second-order valence-corrected chi connectivity index (χ2v) is 6.76. The van der Waals surface area contributed by atoms with Gasteiger partial charge in [-0.1, -0.05) is 26.0 Å². The van der Waals surface area contributed by atoms with Gasteiger partial charge in [0.1, 0.15) is 24.2 Å². The average molecular weight is 380 g/mol. The quantitative estimate of drug-likeness (QED) is 0.609. The summed E-state index contributed by atoms with van der Waals surface area (Å²) in [5.41, 5.74) is 3.24. The van der Waals surface area contributed by atoms with Gasteiger partial charge in [0.25, 0.3) is 5.91 Å². The summed E-state index contributed by atoms with van der Waals surface area (Å²) >= 11 is 0. The molecule has 1 atom stereocenters. The molecule has 0 aliphatic heterocycles. The van der Waals surface area contributed by atoms with Crippen LogP contribution in [-0.2, 0) is 4.79 Å². The molecule has 0 bridgehead atoms. The van der Waals surface area contributed by atoms with E-state index in [2.05, 4.69) is 29.4 Å². The van der Waals surface area contributed by atoms with E-state index in [0.717, 1.165) is 23.2 Å². The van der Waals surface area contributed by atoms with Crippen molar-refractivity contribution in [3.05, 3.63) is 60.2 Å². The van der Waals surface area contributed by atoms with Crippen LogP contribution in [0.25, 0.3) is 5.69 Å². The van der Waals surface area contributed by atoms with Gasteiger partial charge in [0.2, 0.25) is 0 Å². The van der Waals surface area contributed by atoms with Gasteiger partial charge in [-0.15, -0.1) is 10.2 Å². The Labute approximate surface area is 164 Å². The molecule has 0 radical (unpaired) electrons. The Bertz CT molecular complexity index is 954. The number of hydrogen-bond acceptors (Lipinski definition) is 5. The first-order valence-corrected chi connectivity index (χ1v) is 9.19. The highest BCUT2D eigenvalue weighted by molar-refractivity contribution is 5.93. The van der Waals surface area contributed by atoms with Crippen molar-refractivity contribution in [1.29, 1.82) is 0 Å². The first-order chi connectivity index (χ1) is 13.5. The number of carbonyl (C=O) groups excluding carboxylic acids is 1. The summed E-state index contributed by atoms with van der Waals surface area (Å²) in [6.45, 7) is 5.98. The Balaban J connectivity index is 1.71. The van der Waals surface area contributed by atoms with Gasteiger partial charge in [0, 0.05) is 0 Å². The number of aromatic nitrogens is 3. The number of hydrogen-bond donors (Lipinski definition) is 2. The normalized spacial score (nSPS) is 11.8. The second kappa shape index (κ2) is 8.56. The van der Waals surface area contributed by atoms with Gasteiger partial charge in [-0.3, -0.25) is 9.36 Å². The molecule has 0 aliphatic rings. The van der Waals surface area contributed by atoms with E-state index in [1.54, 1.807) is 35.4 Å². The summed E-state index contributed by atoms with van der Waals surface area (Å²) in [7, 11) is 0. The maximum Gasteiger partial charge on any atom is 0.262 e. The van der Waals surface area contributed by atoms with Crippen molar-refractivity contribution >= 4 is 11.6 Å². The van der Waals surface area contributed by atoms with Gasteiger partial charge in [0.05, 0.1) is 11.4 Å². The van der Waals surface area contributed by atoms with E-state index < -0.39 is 0 Å². The molecule has 2 N–H and O–H groups in total. The fraction of sp³-hybridized carbons (Fsp3) is 0.286. The highest BCUT2D eigenvalue weighted by atomic mass is 16.5. The van der Waals surface area contributed by atoms with Gasteiger partial charge in [-0.2, -0.15) is 0 Å². The first kappa shape index (κ1) is 19.4. The van der Waals surface area contributed by atoms with Crippen molar-refractivity contribution in [3.63, 3.8) is 0 Å². The van der Waals surface area contributed by atoms with E-state index in [4.69, 9.17) is 4.74 Å². The van der Waals surface area contributed by atoms with E-state index in [1.807, 2.05) is 25.1 Å². The van der Waals surface area contributed by atoms with Crippen LogP contribution in [-0.4, -0.2) is 32.4 Å². The number of phenols is 1. The Morgan fingerprint density at radius 3 is 2.68 bits per heavy atom. The van der Waals surface area contributed by atoms with Crippen LogP contribution in [0, 0.1) is 6.92 Å². The third-order valence-corrected chi connectivity index (χ3v) is 4.65. The third kappa shape index (κ3) is 4.49. The minimum atomic E-state index is -0.355.